The van der Waals surface area contributed by atoms with Crippen molar-refractivity contribution in [2.45, 2.75) is 18.6 Å². The molecule has 0 aliphatic carbocycles. The number of hydrogen-bond acceptors (Lipinski definition) is 3. The number of benzene rings is 1. The summed E-state index contributed by atoms with van der Waals surface area (Å²) in [5, 5.41) is 9.46. The molecular formula is C12H12N2O3. The number of hydrogen-bond donors (Lipinski definition) is 1. The molecular weight excluding hydrogens is 220 g/mol. The Labute approximate surface area is 98.2 Å². The molecule has 1 unspecified atom stereocenters. The average Bonchev–Trinajstić information content (AvgIpc) is 2.81. The van der Waals surface area contributed by atoms with E-state index < -0.39 is 12.1 Å². The molecule has 1 aromatic carbocycles. The Hall–Kier alpha value is -1.88. The fourth-order valence-corrected chi connectivity index (χ4v) is 2.45. The van der Waals surface area contributed by atoms with Gasteiger partial charge in [0.05, 0.1) is 11.8 Å². The number of fused-ring (bicyclic) bond motifs is 1. The summed E-state index contributed by atoms with van der Waals surface area (Å²) >= 11 is 0. The fourth-order valence-electron chi connectivity index (χ4n) is 2.45. The van der Waals surface area contributed by atoms with Crippen molar-refractivity contribution in [2.75, 3.05) is 11.4 Å². The van der Waals surface area contributed by atoms with Crippen LogP contribution in [0.3, 0.4) is 0 Å². The van der Waals surface area contributed by atoms with Crippen LogP contribution in [0.1, 0.15) is 6.42 Å². The molecule has 0 radical (unpaired) electrons. The van der Waals surface area contributed by atoms with Gasteiger partial charge >= 0.3 is 6.03 Å². The molecule has 3 rings (SSSR count). The maximum Gasteiger partial charge on any atom is 0.332 e. The van der Waals surface area contributed by atoms with Crippen LogP contribution < -0.4 is 4.90 Å². The number of carbonyl (C=O) groups is 2. The third-order valence-electron chi connectivity index (χ3n) is 3.24. The van der Waals surface area contributed by atoms with Gasteiger partial charge in [-0.25, -0.2) is 9.69 Å². The van der Waals surface area contributed by atoms with Gasteiger partial charge in [0.2, 0.25) is 0 Å². The molecule has 17 heavy (non-hydrogen) atoms. The van der Waals surface area contributed by atoms with Crippen LogP contribution in [-0.2, 0) is 4.79 Å². The maximum atomic E-state index is 12.1. The first-order valence-electron chi connectivity index (χ1n) is 5.56. The molecule has 2 heterocycles. The highest BCUT2D eigenvalue weighted by Gasteiger charge is 2.50. The highest BCUT2D eigenvalue weighted by molar-refractivity contribution is 6.21. The molecule has 0 spiro atoms. The standard InChI is InChI=1S/C12H12N2O3/c15-9-6-10-11(16)14(12(17)13(10)7-9)8-4-2-1-3-5-8/h1-5,9-10,15H,6-7H2/t9-,10?/m1/s1. The zero-order chi connectivity index (χ0) is 12.0. The van der Waals surface area contributed by atoms with E-state index in [4.69, 9.17) is 0 Å². The van der Waals surface area contributed by atoms with Crippen molar-refractivity contribution in [2.24, 2.45) is 0 Å². The van der Waals surface area contributed by atoms with Crippen molar-refractivity contribution in [3.8, 4) is 0 Å². The van der Waals surface area contributed by atoms with E-state index in [0.717, 1.165) is 0 Å². The van der Waals surface area contributed by atoms with Crippen LogP contribution in [0.25, 0.3) is 0 Å². The Morgan fingerprint density at radius 3 is 2.53 bits per heavy atom. The summed E-state index contributed by atoms with van der Waals surface area (Å²) in [7, 11) is 0. The van der Waals surface area contributed by atoms with Crippen LogP contribution >= 0.6 is 0 Å². The quantitative estimate of drug-likeness (QED) is 0.721. The second-order valence-electron chi connectivity index (χ2n) is 4.35. The topological polar surface area (TPSA) is 60.9 Å². The second kappa shape index (κ2) is 3.56. The van der Waals surface area contributed by atoms with E-state index in [9.17, 15) is 14.7 Å². The molecule has 2 aliphatic heterocycles. The van der Waals surface area contributed by atoms with Crippen molar-refractivity contribution in [1.29, 1.82) is 0 Å². The molecule has 1 N–H and O–H groups in total. The van der Waals surface area contributed by atoms with E-state index in [1.807, 2.05) is 6.07 Å². The van der Waals surface area contributed by atoms with Gasteiger partial charge in [0, 0.05) is 13.0 Å². The van der Waals surface area contributed by atoms with E-state index >= 15 is 0 Å². The zero-order valence-electron chi connectivity index (χ0n) is 9.11. The maximum absolute atomic E-state index is 12.1. The molecule has 5 heteroatoms. The summed E-state index contributed by atoms with van der Waals surface area (Å²) in [6.07, 6.45) is -0.237. The lowest BCUT2D eigenvalue weighted by Gasteiger charge is -2.16. The van der Waals surface area contributed by atoms with Gasteiger partial charge in [0.1, 0.15) is 6.04 Å². The summed E-state index contributed by atoms with van der Waals surface area (Å²) in [6, 6.07) is 8.05. The Balaban J connectivity index is 1.95. The van der Waals surface area contributed by atoms with E-state index in [0.29, 0.717) is 12.1 Å². The van der Waals surface area contributed by atoms with Crippen molar-refractivity contribution in [3.05, 3.63) is 30.3 Å². The third-order valence-corrected chi connectivity index (χ3v) is 3.24. The second-order valence-corrected chi connectivity index (χ2v) is 4.35. The molecule has 2 fully saturated rings. The Morgan fingerprint density at radius 1 is 1.18 bits per heavy atom. The molecule has 88 valence electrons. The Kier molecular flexibility index (Phi) is 2.16. The lowest BCUT2D eigenvalue weighted by atomic mass is 10.2. The predicted molar refractivity (Wildman–Crippen MR) is 60.4 cm³/mol. The monoisotopic (exact) mass is 232 g/mol. The number of aliphatic hydroxyl groups excluding tert-OH is 1. The number of amides is 3. The lowest BCUT2D eigenvalue weighted by Crippen LogP contribution is -2.34. The number of nitrogens with zero attached hydrogens (tertiary/aromatic N) is 2. The van der Waals surface area contributed by atoms with Gasteiger partial charge < -0.3 is 10.0 Å². The van der Waals surface area contributed by atoms with E-state index in [1.54, 1.807) is 24.3 Å². The van der Waals surface area contributed by atoms with Crippen molar-refractivity contribution in [1.82, 2.24) is 4.90 Å². The van der Waals surface area contributed by atoms with E-state index in [1.165, 1.54) is 9.80 Å². The summed E-state index contributed by atoms with van der Waals surface area (Å²) in [5.41, 5.74) is 0.589. The number of urea groups is 1. The Bertz CT molecular complexity index is 450. The number of rotatable bonds is 1. The van der Waals surface area contributed by atoms with Crippen molar-refractivity contribution in [3.63, 3.8) is 0 Å². The molecule has 0 bridgehead atoms. The molecule has 2 saturated heterocycles. The summed E-state index contributed by atoms with van der Waals surface area (Å²) < 4.78 is 0. The van der Waals surface area contributed by atoms with Crippen LogP contribution in [0.4, 0.5) is 10.5 Å². The highest BCUT2D eigenvalue weighted by Crippen LogP contribution is 2.31. The van der Waals surface area contributed by atoms with Gasteiger partial charge in [0.15, 0.2) is 0 Å². The first-order chi connectivity index (χ1) is 8.18. The predicted octanol–water partition coefficient (Wildman–Crippen LogP) is 0.588. The smallest absolute Gasteiger partial charge is 0.332 e. The van der Waals surface area contributed by atoms with Crippen LogP contribution in [0, 0.1) is 0 Å². The molecule has 3 amide bonds. The van der Waals surface area contributed by atoms with Crippen LogP contribution in [0.5, 0.6) is 0 Å². The molecule has 2 aliphatic rings. The zero-order valence-corrected chi connectivity index (χ0v) is 9.11. The van der Waals surface area contributed by atoms with Crippen molar-refractivity contribution >= 4 is 17.6 Å². The average molecular weight is 232 g/mol. The molecule has 2 atom stereocenters. The third kappa shape index (κ3) is 1.43. The van der Waals surface area contributed by atoms with Crippen LogP contribution in [0.15, 0.2) is 30.3 Å². The van der Waals surface area contributed by atoms with Gasteiger partial charge in [0.25, 0.3) is 5.91 Å². The van der Waals surface area contributed by atoms with Gasteiger partial charge in [-0.05, 0) is 12.1 Å². The first-order valence-corrected chi connectivity index (χ1v) is 5.56. The van der Waals surface area contributed by atoms with Gasteiger partial charge in [-0.15, -0.1) is 0 Å². The van der Waals surface area contributed by atoms with Crippen LogP contribution in [-0.4, -0.2) is 40.6 Å². The normalized spacial score (nSPS) is 27.8. The molecule has 5 nitrogen and oxygen atoms in total. The number of anilines is 1. The number of aliphatic hydroxyl groups is 1. The van der Waals surface area contributed by atoms with Gasteiger partial charge in [-0.1, -0.05) is 18.2 Å². The van der Waals surface area contributed by atoms with Gasteiger partial charge in [-0.3, -0.25) is 4.79 Å². The van der Waals surface area contributed by atoms with Crippen LogP contribution in [0.2, 0.25) is 0 Å². The summed E-state index contributed by atoms with van der Waals surface area (Å²) in [6.45, 7) is 0.249. The minimum absolute atomic E-state index is 0.238. The molecule has 1 aromatic rings. The fraction of sp³-hybridized carbons (Fsp3) is 0.333. The van der Waals surface area contributed by atoms with E-state index in [-0.39, 0.29) is 18.5 Å². The van der Waals surface area contributed by atoms with Gasteiger partial charge in [-0.2, -0.15) is 0 Å². The van der Waals surface area contributed by atoms with Crippen molar-refractivity contribution < 1.29 is 14.7 Å². The highest BCUT2D eigenvalue weighted by atomic mass is 16.3. The van der Waals surface area contributed by atoms with E-state index in [2.05, 4.69) is 0 Å². The Morgan fingerprint density at radius 2 is 1.88 bits per heavy atom. The summed E-state index contributed by atoms with van der Waals surface area (Å²) in [5.74, 6) is -0.238. The molecule has 0 aromatic heterocycles. The lowest BCUT2D eigenvalue weighted by molar-refractivity contribution is -0.119. The number of carbonyl (C=O) groups excluding carboxylic acids is 2. The number of para-hydroxylation sites is 1. The molecule has 0 saturated carbocycles. The SMILES string of the molecule is O=C1C2C[C@@H](O)CN2C(=O)N1c1ccccc1. The first kappa shape index (κ1) is 10.3. The number of imide groups is 1. The summed E-state index contributed by atoms with van der Waals surface area (Å²) in [4.78, 5) is 26.8. The minimum atomic E-state index is -0.578. The minimum Gasteiger partial charge on any atom is -0.391 e. The largest absolute Gasteiger partial charge is 0.391 e.